The van der Waals surface area contributed by atoms with Gasteiger partial charge < -0.3 is 19.1 Å². The molecule has 0 radical (unpaired) electrons. The first-order valence-electron chi connectivity index (χ1n) is 10.9. The van der Waals surface area contributed by atoms with Crippen LogP contribution in [0.3, 0.4) is 0 Å². The number of aromatic nitrogens is 3. The Labute approximate surface area is 183 Å². The minimum absolute atomic E-state index is 0.266. The van der Waals surface area contributed by atoms with Crippen molar-refractivity contribution < 1.29 is 9.63 Å². The van der Waals surface area contributed by atoms with Crippen molar-refractivity contribution in [2.24, 2.45) is 0 Å². The monoisotopic (exact) mass is 419 g/mol. The van der Waals surface area contributed by atoms with Crippen LogP contribution in [0.15, 0.2) is 47.2 Å². The number of benzene rings is 1. The largest absolute Gasteiger partial charge is 0.396 e. The molecule has 1 N–H and O–H groups in total. The van der Waals surface area contributed by atoms with E-state index in [1.54, 1.807) is 6.20 Å². The number of hydrogen-bond acceptors (Lipinski definition) is 6. The Bertz CT molecular complexity index is 1020. The van der Waals surface area contributed by atoms with Gasteiger partial charge in [-0.2, -0.15) is 0 Å². The number of rotatable bonds is 7. The van der Waals surface area contributed by atoms with Crippen molar-refractivity contribution in [2.75, 3.05) is 44.2 Å². The predicted molar refractivity (Wildman–Crippen MR) is 120 cm³/mol. The fourth-order valence-electron chi connectivity index (χ4n) is 3.83. The van der Waals surface area contributed by atoms with E-state index in [0.717, 1.165) is 62.6 Å². The zero-order valence-corrected chi connectivity index (χ0v) is 18.0. The minimum Gasteiger partial charge on any atom is -0.396 e. The van der Waals surface area contributed by atoms with E-state index in [0.29, 0.717) is 12.3 Å². The van der Waals surface area contributed by atoms with E-state index < -0.39 is 0 Å². The Hall–Kier alpha value is -3.08. The van der Waals surface area contributed by atoms with Gasteiger partial charge in [-0.1, -0.05) is 18.0 Å². The average molecular weight is 420 g/mol. The lowest BCUT2D eigenvalue weighted by molar-refractivity contribution is 0.216. The summed E-state index contributed by atoms with van der Waals surface area (Å²) in [6, 6.07) is 10.2. The highest BCUT2D eigenvalue weighted by Crippen LogP contribution is 2.17. The molecule has 1 aliphatic rings. The zero-order chi connectivity index (χ0) is 21.5. The molecule has 2 aromatic heterocycles. The molecule has 0 unspecified atom stereocenters. The average Bonchev–Trinajstić information content (AvgIpc) is 3.46. The summed E-state index contributed by atoms with van der Waals surface area (Å²) in [6.45, 7) is 8.05. The highest BCUT2D eigenvalue weighted by atomic mass is 16.5. The fraction of sp³-hybridized carbons (Fsp3) is 0.417. The molecule has 0 amide bonds. The first-order valence-corrected chi connectivity index (χ1v) is 10.9. The van der Waals surface area contributed by atoms with Crippen LogP contribution in [-0.4, -0.2) is 64.0 Å². The molecule has 4 rings (SSSR count). The van der Waals surface area contributed by atoms with Crippen molar-refractivity contribution in [3.8, 4) is 11.8 Å². The van der Waals surface area contributed by atoms with Crippen molar-refractivity contribution in [3.63, 3.8) is 0 Å². The summed E-state index contributed by atoms with van der Waals surface area (Å²) in [5.41, 5.74) is 3.01. The van der Waals surface area contributed by atoms with Gasteiger partial charge in [-0.3, -0.25) is 4.90 Å². The summed E-state index contributed by atoms with van der Waals surface area (Å²) >= 11 is 0. The number of aliphatic hydroxyl groups excluding tert-OH is 1. The van der Waals surface area contributed by atoms with Crippen LogP contribution in [0.5, 0.6) is 0 Å². The first-order chi connectivity index (χ1) is 15.2. The maximum absolute atomic E-state index is 8.98. The van der Waals surface area contributed by atoms with Gasteiger partial charge in [0.15, 0.2) is 0 Å². The fourth-order valence-corrected chi connectivity index (χ4v) is 3.83. The highest BCUT2D eigenvalue weighted by molar-refractivity contribution is 5.51. The van der Waals surface area contributed by atoms with E-state index in [-0.39, 0.29) is 6.61 Å². The minimum atomic E-state index is 0.266. The highest BCUT2D eigenvalue weighted by Gasteiger charge is 2.16. The molecule has 3 aromatic rings. The molecule has 1 aromatic carbocycles. The Balaban J connectivity index is 1.33. The summed E-state index contributed by atoms with van der Waals surface area (Å²) in [5, 5.41) is 13.1. The Kier molecular flexibility index (Phi) is 7.03. The number of aliphatic hydroxyl groups is 1. The van der Waals surface area contributed by atoms with Crippen molar-refractivity contribution in [1.29, 1.82) is 0 Å². The van der Waals surface area contributed by atoms with E-state index in [1.807, 2.05) is 12.3 Å². The molecule has 0 bridgehead atoms. The second kappa shape index (κ2) is 10.3. The lowest BCUT2D eigenvalue weighted by atomic mass is 10.1. The van der Waals surface area contributed by atoms with Crippen molar-refractivity contribution in [2.45, 2.75) is 26.3 Å². The molecule has 0 spiro atoms. The van der Waals surface area contributed by atoms with Crippen LogP contribution in [0.1, 0.15) is 36.2 Å². The molecule has 1 aliphatic heterocycles. The lowest BCUT2D eigenvalue weighted by Crippen LogP contribution is -2.46. The molecule has 3 heterocycles. The Morgan fingerprint density at radius 1 is 1.10 bits per heavy atom. The number of piperazine rings is 1. The van der Waals surface area contributed by atoms with E-state index in [1.165, 1.54) is 5.69 Å². The maximum Gasteiger partial charge on any atom is 0.210 e. The lowest BCUT2D eigenvalue weighted by Gasteiger charge is -2.36. The van der Waals surface area contributed by atoms with Gasteiger partial charge >= 0.3 is 0 Å². The molecule has 1 fully saturated rings. The zero-order valence-electron chi connectivity index (χ0n) is 18.0. The van der Waals surface area contributed by atoms with Crippen LogP contribution in [-0.2, 0) is 13.0 Å². The van der Waals surface area contributed by atoms with Crippen LogP contribution in [0.2, 0.25) is 0 Å². The number of imidazole rings is 1. The standard InChI is InChI=1S/C24H29N5O2/c1-2-24-25-10-12-29(24)19-21-18-23(31-26-21)9-6-20-4-7-22(8-5-20)28-15-13-27(14-16-28)11-3-17-30/h4-5,7-8,10,12,18,30H,2-3,11,13-17,19H2,1H3. The maximum atomic E-state index is 8.98. The molecule has 7 heteroatoms. The molecule has 7 nitrogen and oxygen atoms in total. The quantitative estimate of drug-likeness (QED) is 0.593. The van der Waals surface area contributed by atoms with Crippen LogP contribution in [0, 0.1) is 11.8 Å². The third kappa shape index (κ3) is 5.54. The third-order valence-electron chi connectivity index (χ3n) is 5.58. The summed E-state index contributed by atoms with van der Waals surface area (Å²) in [7, 11) is 0. The normalized spacial score (nSPS) is 14.5. The Morgan fingerprint density at radius 2 is 1.90 bits per heavy atom. The second-order valence-corrected chi connectivity index (χ2v) is 7.71. The summed E-state index contributed by atoms with van der Waals surface area (Å²) in [5.74, 6) is 7.83. The van der Waals surface area contributed by atoms with Gasteiger partial charge in [0.05, 0.1) is 6.54 Å². The second-order valence-electron chi connectivity index (χ2n) is 7.71. The van der Waals surface area contributed by atoms with Crippen molar-refractivity contribution in [3.05, 3.63) is 65.6 Å². The Morgan fingerprint density at radius 3 is 2.65 bits per heavy atom. The molecule has 1 saturated heterocycles. The van der Waals surface area contributed by atoms with E-state index >= 15 is 0 Å². The van der Waals surface area contributed by atoms with Crippen molar-refractivity contribution >= 4 is 5.69 Å². The molecule has 0 saturated carbocycles. The summed E-state index contributed by atoms with van der Waals surface area (Å²) < 4.78 is 7.45. The number of aryl methyl sites for hydroxylation is 1. The number of hydrogen-bond donors (Lipinski definition) is 1. The van der Waals surface area contributed by atoms with E-state index in [4.69, 9.17) is 9.63 Å². The summed E-state index contributed by atoms with van der Waals surface area (Å²) in [6.07, 6.45) is 5.49. The van der Waals surface area contributed by atoms with E-state index in [2.05, 4.69) is 67.5 Å². The van der Waals surface area contributed by atoms with Crippen molar-refractivity contribution in [1.82, 2.24) is 19.6 Å². The van der Waals surface area contributed by atoms with Crippen LogP contribution < -0.4 is 4.90 Å². The molecule has 31 heavy (non-hydrogen) atoms. The van der Waals surface area contributed by atoms with Gasteiger partial charge in [-0.05, 0) is 36.6 Å². The molecule has 0 atom stereocenters. The van der Waals surface area contributed by atoms with Gasteiger partial charge in [0.25, 0.3) is 0 Å². The van der Waals surface area contributed by atoms with Crippen LogP contribution in [0.4, 0.5) is 5.69 Å². The van der Waals surface area contributed by atoms with Gasteiger partial charge in [0.2, 0.25) is 5.76 Å². The first kappa shape index (κ1) is 21.2. The van der Waals surface area contributed by atoms with Gasteiger partial charge in [-0.15, -0.1) is 0 Å². The smallest absolute Gasteiger partial charge is 0.210 e. The van der Waals surface area contributed by atoms with Gasteiger partial charge in [-0.25, -0.2) is 4.98 Å². The van der Waals surface area contributed by atoms with Crippen LogP contribution in [0.25, 0.3) is 0 Å². The topological polar surface area (TPSA) is 70.6 Å². The van der Waals surface area contributed by atoms with Crippen LogP contribution >= 0.6 is 0 Å². The SMILES string of the molecule is CCc1nccn1Cc1cc(C#Cc2ccc(N3CCN(CCCO)CC3)cc2)on1. The predicted octanol–water partition coefficient (Wildman–Crippen LogP) is 2.39. The molecular weight excluding hydrogens is 390 g/mol. The van der Waals surface area contributed by atoms with E-state index in [9.17, 15) is 0 Å². The molecule has 162 valence electrons. The number of nitrogens with zero attached hydrogens (tertiary/aromatic N) is 5. The number of anilines is 1. The third-order valence-corrected chi connectivity index (χ3v) is 5.58. The summed E-state index contributed by atoms with van der Waals surface area (Å²) in [4.78, 5) is 9.14. The van der Waals surface area contributed by atoms with Gasteiger partial charge in [0.1, 0.15) is 11.5 Å². The molecule has 0 aliphatic carbocycles. The molecular formula is C24H29N5O2. The van der Waals surface area contributed by atoms with Gasteiger partial charge in [0, 0.05) is 75.5 Å².